The second-order valence-corrected chi connectivity index (χ2v) is 7.73. The van der Waals surface area contributed by atoms with Crippen LogP contribution in [0.4, 0.5) is 5.69 Å². The molecule has 3 nitrogen and oxygen atoms in total. The minimum absolute atomic E-state index is 0.797. The monoisotopic (exact) mass is 386 g/mol. The van der Waals surface area contributed by atoms with Crippen LogP contribution in [0, 0.1) is 0 Å². The molecule has 1 aliphatic heterocycles. The molecule has 1 aliphatic rings. The first kappa shape index (κ1) is 20.0. The Morgan fingerprint density at radius 1 is 0.852 bits per heavy atom. The highest BCUT2D eigenvalue weighted by Crippen LogP contribution is 2.20. The van der Waals surface area contributed by atoms with E-state index in [1.165, 1.54) is 30.5 Å². The van der Waals surface area contributed by atoms with Crippen LogP contribution in [-0.4, -0.2) is 37.7 Å². The summed E-state index contributed by atoms with van der Waals surface area (Å²) in [6.07, 6.45) is 4.97. The summed E-state index contributed by atoms with van der Waals surface area (Å²) in [7, 11) is 0. The number of anilines is 1. The van der Waals surface area contributed by atoms with Crippen molar-refractivity contribution in [2.45, 2.75) is 39.2 Å². The van der Waals surface area contributed by atoms with Gasteiger partial charge in [0.1, 0.15) is 5.75 Å². The Hall–Kier alpha value is -1.71. The number of ether oxygens (including phenoxy) is 1. The molecule has 0 amide bonds. The first-order valence-corrected chi connectivity index (χ1v) is 10.6. The van der Waals surface area contributed by atoms with Crippen LogP contribution in [-0.2, 0) is 6.54 Å². The van der Waals surface area contributed by atoms with Crippen LogP contribution < -0.4 is 9.64 Å². The summed E-state index contributed by atoms with van der Waals surface area (Å²) in [6, 6.07) is 16.8. The molecule has 0 aliphatic carbocycles. The van der Waals surface area contributed by atoms with Gasteiger partial charge in [-0.2, -0.15) is 0 Å². The minimum Gasteiger partial charge on any atom is -0.494 e. The highest BCUT2D eigenvalue weighted by Gasteiger charge is 2.17. The molecular weight excluding hydrogens is 356 g/mol. The van der Waals surface area contributed by atoms with Crippen molar-refractivity contribution in [1.82, 2.24) is 4.90 Å². The Morgan fingerprint density at radius 3 is 2.22 bits per heavy atom. The van der Waals surface area contributed by atoms with Crippen LogP contribution >= 0.6 is 11.6 Å². The SMILES string of the molecule is CCCCCCOc1ccc(CN2CCN(c3ccc(Cl)cc3)CC2)cc1. The van der Waals surface area contributed by atoms with Crippen molar-refractivity contribution in [3.05, 3.63) is 59.1 Å². The molecule has 1 fully saturated rings. The molecule has 0 unspecified atom stereocenters. The number of rotatable bonds is 9. The van der Waals surface area contributed by atoms with Gasteiger partial charge in [-0.05, 0) is 48.4 Å². The fraction of sp³-hybridized carbons (Fsp3) is 0.478. The minimum atomic E-state index is 0.797. The predicted molar refractivity (Wildman–Crippen MR) is 115 cm³/mol. The van der Waals surface area contributed by atoms with E-state index in [0.29, 0.717) is 0 Å². The Kier molecular flexibility index (Phi) is 7.85. The summed E-state index contributed by atoms with van der Waals surface area (Å²) >= 11 is 5.99. The fourth-order valence-electron chi connectivity index (χ4n) is 3.48. The van der Waals surface area contributed by atoms with E-state index in [9.17, 15) is 0 Å². The van der Waals surface area contributed by atoms with E-state index >= 15 is 0 Å². The quantitative estimate of drug-likeness (QED) is 0.520. The Balaban J connectivity index is 1.40. The zero-order valence-corrected chi connectivity index (χ0v) is 17.1. The standard InChI is InChI=1S/C23H31ClN2O/c1-2-3-4-5-18-27-23-12-6-20(7-13-23)19-25-14-16-26(17-15-25)22-10-8-21(24)9-11-22/h6-13H,2-5,14-19H2,1H3. The molecular formula is C23H31ClN2O. The lowest BCUT2D eigenvalue weighted by molar-refractivity contribution is 0.249. The molecule has 4 heteroatoms. The average Bonchev–Trinajstić information content (AvgIpc) is 2.70. The number of hydrogen-bond acceptors (Lipinski definition) is 3. The zero-order valence-electron chi connectivity index (χ0n) is 16.4. The van der Waals surface area contributed by atoms with Gasteiger partial charge in [0, 0.05) is 43.4 Å². The largest absolute Gasteiger partial charge is 0.494 e. The smallest absolute Gasteiger partial charge is 0.119 e. The number of piperazine rings is 1. The van der Waals surface area contributed by atoms with Crippen molar-refractivity contribution in [3.63, 3.8) is 0 Å². The molecule has 146 valence electrons. The molecule has 0 radical (unpaired) electrons. The van der Waals surface area contributed by atoms with E-state index in [-0.39, 0.29) is 0 Å². The third kappa shape index (κ3) is 6.44. The van der Waals surface area contributed by atoms with Gasteiger partial charge in [-0.3, -0.25) is 4.90 Å². The number of halogens is 1. The molecule has 1 heterocycles. The maximum Gasteiger partial charge on any atom is 0.119 e. The van der Waals surface area contributed by atoms with Gasteiger partial charge in [0.15, 0.2) is 0 Å². The molecule has 2 aromatic carbocycles. The van der Waals surface area contributed by atoms with E-state index in [1.807, 2.05) is 12.1 Å². The maximum atomic E-state index is 5.99. The van der Waals surface area contributed by atoms with Gasteiger partial charge in [0.05, 0.1) is 6.61 Å². The second-order valence-electron chi connectivity index (χ2n) is 7.29. The summed E-state index contributed by atoms with van der Waals surface area (Å²) in [6.45, 7) is 8.34. The van der Waals surface area contributed by atoms with Crippen LogP contribution in [0.2, 0.25) is 5.02 Å². The number of unbranched alkanes of at least 4 members (excludes halogenated alkanes) is 3. The Morgan fingerprint density at radius 2 is 1.56 bits per heavy atom. The summed E-state index contributed by atoms with van der Waals surface area (Å²) in [5.74, 6) is 0.989. The van der Waals surface area contributed by atoms with Crippen LogP contribution in [0.5, 0.6) is 5.75 Å². The van der Waals surface area contributed by atoms with Gasteiger partial charge in [0.25, 0.3) is 0 Å². The van der Waals surface area contributed by atoms with Crippen LogP contribution in [0.3, 0.4) is 0 Å². The van der Waals surface area contributed by atoms with E-state index < -0.39 is 0 Å². The fourth-order valence-corrected chi connectivity index (χ4v) is 3.61. The highest BCUT2D eigenvalue weighted by atomic mass is 35.5. The first-order chi connectivity index (χ1) is 13.2. The summed E-state index contributed by atoms with van der Waals surface area (Å²) in [5, 5.41) is 0.797. The lowest BCUT2D eigenvalue weighted by Gasteiger charge is -2.36. The Bertz CT molecular complexity index is 664. The van der Waals surface area contributed by atoms with Gasteiger partial charge < -0.3 is 9.64 Å². The molecule has 2 aromatic rings. The van der Waals surface area contributed by atoms with Crippen LogP contribution in [0.25, 0.3) is 0 Å². The third-order valence-electron chi connectivity index (χ3n) is 5.16. The van der Waals surface area contributed by atoms with Crippen molar-refractivity contribution in [2.24, 2.45) is 0 Å². The number of hydrogen-bond donors (Lipinski definition) is 0. The van der Waals surface area contributed by atoms with Gasteiger partial charge in [-0.25, -0.2) is 0 Å². The second kappa shape index (κ2) is 10.6. The topological polar surface area (TPSA) is 15.7 Å². The normalized spacial score (nSPS) is 15.1. The molecule has 3 rings (SSSR count). The van der Waals surface area contributed by atoms with Crippen molar-refractivity contribution in [1.29, 1.82) is 0 Å². The van der Waals surface area contributed by atoms with E-state index in [4.69, 9.17) is 16.3 Å². The van der Waals surface area contributed by atoms with Crippen molar-refractivity contribution >= 4 is 17.3 Å². The highest BCUT2D eigenvalue weighted by molar-refractivity contribution is 6.30. The van der Waals surface area contributed by atoms with Crippen LogP contribution in [0.15, 0.2) is 48.5 Å². The van der Waals surface area contributed by atoms with Crippen LogP contribution in [0.1, 0.15) is 38.2 Å². The predicted octanol–water partition coefficient (Wildman–Crippen LogP) is 5.62. The van der Waals surface area contributed by atoms with Gasteiger partial charge >= 0.3 is 0 Å². The third-order valence-corrected chi connectivity index (χ3v) is 5.41. The van der Waals surface area contributed by atoms with E-state index in [1.54, 1.807) is 0 Å². The number of benzene rings is 2. The van der Waals surface area contributed by atoms with Crippen molar-refractivity contribution in [2.75, 3.05) is 37.7 Å². The molecule has 0 N–H and O–H groups in total. The average molecular weight is 387 g/mol. The molecule has 27 heavy (non-hydrogen) atoms. The van der Waals surface area contributed by atoms with Crippen molar-refractivity contribution < 1.29 is 4.74 Å². The molecule has 0 atom stereocenters. The lowest BCUT2D eigenvalue weighted by atomic mass is 10.2. The van der Waals surface area contributed by atoms with Crippen molar-refractivity contribution in [3.8, 4) is 5.75 Å². The molecule has 0 saturated carbocycles. The summed E-state index contributed by atoms with van der Waals surface area (Å²) in [4.78, 5) is 4.95. The molecule has 0 bridgehead atoms. The maximum absolute atomic E-state index is 5.99. The first-order valence-electron chi connectivity index (χ1n) is 10.2. The number of nitrogens with zero attached hydrogens (tertiary/aromatic N) is 2. The molecule has 0 spiro atoms. The van der Waals surface area contributed by atoms with Gasteiger partial charge in [-0.1, -0.05) is 49.9 Å². The van der Waals surface area contributed by atoms with E-state index in [0.717, 1.165) is 56.5 Å². The summed E-state index contributed by atoms with van der Waals surface area (Å²) < 4.78 is 5.84. The van der Waals surface area contributed by atoms with Gasteiger partial charge in [0.2, 0.25) is 0 Å². The lowest BCUT2D eigenvalue weighted by Crippen LogP contribution is -2.45. The van der Waals surface area contributed by atoms with E-state index in [2.05, 4.69) is 53.1 Å². The Labute approximate surface area is 168 Å². The van der Waals surface area contributed by atoms with Gasteiger partial charge in [-0.15, -0.1) is 0 Å². The summed E-state index contributed by atoms with van der Waals surface area (Å²) in [5.41, 5.74) is 2.62. The molecule has 1 saturated heterocycles. The molecule has 0 aromatic heterocycles. The zero-order chi connectivity index (χ0) is 18.9.